The molecule has 1 nitrogen and oxygen atoms in total. The van der Waals surface area contributed by atoms with Crippen LogP contribution in [-0.4, -0.2) is 0 Å². The summed E-state index contributed by atoms with van der Waals surface area (Å²) in [5.74, 6) is -1.49. The topological polar surface area (TPSA) is 26.0 Å². The first-order valence-corrected chi connectivity index (χ1v) is 5.28. The minimum Gasteiger partial charge on any atom is -0.394 e. The summed E-state index contributed by atoms with van der Waals surface area (Å²) in [6.45, 7) is 0. The van der Waals surface area contributed by atoms with Crippen molar-refractivity contribution in [3.05, 3.63) is 40.2 Å². The van der Waals surface area contributed by atoms with Gasteiger partial charge in [0.15, 0.2) is 5.82 Å². The van der Waals surface area contributed by atoms with E-state index in [1.165, 1.54) is 17.4 Å². The van der Waals surface area contributed by atoms with Crippen molar-refractivity contribution in [2.45, 2.75) is 0 Å². The van der Waals surface area contributed by atoms with Crippen molar-refractivity contribution >= 4 is 28.6 Å². The first-order chi connectivity index (χ1) is 7.09. The van der Waals surface area contributed by atoms with Crippen LogP contribution in [-0.2, 0) is 0 Å². The highest BCUT2D eigenvalue weighted by Crippen LogP contribution is 2.34. The molecule has 2 rings (SSSR count). The standard InChI is InChI=1S/C10H6ClF2NS/c11-8-4-3-7(15-8)5-1-2-6(12)10(14)9(5)13/h1-4H,14H2. The molecule has 0 aliphatic carbocycles. The lowest BCUT2D eigenvalue weighted by Gasteiger charge is -2.03. The molecule has 0 radical (unpaired) electrons. The van der Waals surface area contributed by atoms with E-state index in [4.69, 9.17) is 17.3 Å². The van der Waals surface area contributed by atoms with Crippen molar-refractivity contribution in [1.82, 2.24) is 0 Å². The summed E-state index contributed by atoms with van der Waals surface area (Å²) >= 11 is 6.94. The van der Waals surface area contributed by atoms with Crippen LogP contribution < -0.4 is 5.73 Å². The largest absolute Gasteiger partial charge is 0.394 e. The second kappa shape index (κ2) is 3.79. The molecule has 5 heteroatoms. The van der Waals surface area contributed by atoms with Gasteiger partial charge in [-0.15, -0.1) is 11.3 Å². The first-order valence-electron chi connectivity index (χ1n) is 4.09. The molecule has 0 saturated heterocycles. The van der Waals surface area contributed by atoms with Gasteiger partial charge in [-0.2, -0.15) is 0 Å². The number of nitrogen functional groups attached to an aromatic ring is 1. The summed E-state index contributed by atoms with van der Waals surface area (Å²) in [6, 6.07) is 5.81. The molecule has 0 fully saturated rings. The molecular weight excluding hydrogens is 240 g/mol. The van der Waals surface area contributed by atoms with Gasteiger partial charge in [0, 0.05) is 10.4 Å². The van der Waals surface area contributed by atoms with Crippen molar-refractivity contribution in [2.75, 3.05) is 5.73 Å². The summed E-state index contributed by atoms with van der Waals surface area (Å²) in [4.78, 5) is 0.629. The predicted molar refractivity (Wildman–Crippen MR) is 59.1 cm³/mol. The second-order valence-electron chi connectivity index (χ2n) is 2.93. The van der Waals surface area contributed by atoms with Gasteiger partial charge in [-0.1, -0.05) is 11.6 Å². The molecule has 78 valence electrons. The van der Waals surface area contributed by atoms with Gasteiger partial charge in [0.25, 0.3) is 0 Å². The van der Waals surface area contributed by atoms with Crippen LogP contribution in [0.4, 0.5) is 14.5 Å². The fraction of sp³-hybridized carbons (Fsp3) is 0. The maximum absolute atomic E-state index is 13.6. The van der Waals surface area contributed by atoms with E-state index in [-0.39, 0.29) is 5.56 Å². The monoisotopic (exact) mass is 245 g/mol. The molecule has 0 unspecified atom stereocenters. The summed E-state index contributed by atoms with van der Waals surface area (Å²) in [7, 11) is 0. The van der Waals surface area contributed by atoms with E-state index >= 15 is 0 Å². The molecule has 1 aromatic carbocycles. The van der Waals surface area contributed by atoms with Crippen LogP contribution in [0.25, 0.3) is 10.4 Å². The molecule has 0 aliphatic rings. The number of hydrogen-bond acceptors (Lipinski definition) is 2. The van der Waals surface area contributed by atoms with E-state index in [2.05, 4.69) is 0 Å². The van der Waals surface area contributed by atoms with Gasteiger partial charge < -0.3 is 5.73 Å². The Kier molecular flexibility index (Phi) is 2.63. The maximum atomic E-state index is 13.6. The van der Waals surface area contributed by atoms with E-state index in [1.807, 2.05) is 0 Å². The van der Waals surface area contributed by atoms with Crippen LogP contribution in [0, 0.1) is 11.6 Å². The van der Waals surface area contributed by atoms with Crippen molar-refractivity contribution in [2.24, 2.45) is 0 Å². The van der Waals surface area contributed by atoms with Gasteiger partial charge in [-0.3, -0.25) is 0 Å². The number of rotatable bonds is 1. The molecule has 0 aliphatic heterocycles. The number of halogens is 3. The Bertz CT molecular complexity index is 510. The van der Waals surface area contributed by atoms with Gasteiger partial charge >= 0.3 is 0 Å². The third-order valence-electron chi connectivity index (χ3n) is 1.97. The summed E-state index contributed by atoms with van der Waals surface area (Å²) in [6.07, 6.45) is 0. The first kappa shape index (κ1) is 10.4. The van der Waals surface area contributed by atoms with Crippen LogP contribution in [0.15, 0.2) is 24.3 Å². The zero-order chi connectivity index (χ0) is 11.0. The Morgan fingerprint density at radius 1 is 1.13 bits per heavy atom. The van der Waals surface area contributed by atoms with Gasteiger partial charge in [0.1, 0.15) is 11.5 Å². The SMILES string of the molecule is Nc1c(F)ccc(-c2ccc(Cl)s2)c1F. The Balaban J connectivity index is 2.59. The van der Waals surface area contributed by atoms with E-state index in [0.29, 0.717) is 9.21 Å². The van der Waals surface area contributed by atoms with Crippen molar-refractivity contribution in [3.63, 3.8) is 0 Å². The smallest absolute Gasteiger partial charge is 0.157 e. The van der Waals surface area contributed by atoms with Crippen LogP contribution in [0.1, 0.15) is 0 Å². The van der Waals surface area contributed by atoms with E-state index in [9.17, 15) is 8.78 Å². The van der Waals surface area contributed by atoms with Crippen LogP contribution in [0.5, 0.6) is 0 Å². The van der Waals surface area contributed by atoms with Gasteiger partial charge in [0.2, 0.25) is 0 Å². The number of nitrogens with two attached hydrogens (primary N) is 1. The van der Waals surface area contributed by atoms with Gasteiger partial charge in [0.05, 0.1) is 4.34 Å². The molecule has 0 spiro atoms. The molecule has 2 N–H and O–H groups in total. The molecule has 0 atom stereocenters. The lowest BCUT2D eigenvalue weighted by atomic mass is 10.1. The zero-order valence-electron chi connectivity index (χ0n) is 7.43. The molecule has 0 saturated carbocycles. The average molecular weight is 246 g/mol. The van der Waals surface area contributed by atoms with Crippen molar-refractivity contribution in [3.8, 4) is 10.4 Å². The highest BCUT2D eigenvalue weighted by Gasteiger charge is 2.13. The molecule has 2 aromatic rings. The average Bonchev–Trinajstić information content (AvgIpc) is 2.61. The van der Waals surface area contributed by atoms with Gasteiger partial charge in [-0.05, 0) is 24.3 Å². The quantitative estimate of drug-likeness (QED) is 0.757. The number of hydrogen-bond donors (Lipinski definition) is 1. The summed E-state index contributed by atoms with van der Waals surface area (Å²) < 4.78 is 27.0. The lowest BCUT2D eigenvalue weighted by molar-refractivity contribution is 0.594. The minimum absolute atomic E-state index is 0.269. The summed E-state index contributed by atoms with van der Waals surface area (Å²) in [5.41, 5.74) is 5.06. The Morgan fingerprint density at radius 3 is 2.47 bits per heavy atom. The lowest BCUT2D eigenvalue weighted by Crippen LogP contribution is -1.96. The van der Waals surface area contributed by atoms with E-state index < -0.39 is 17.3 Å². The molecule has 1 aromatic heterocycles. The molecule has 0 bridgehead atoms. The fourth-order valence-corrected chi connectivity index (χ4v) is 2.28. The second-order valence-corrected chi connectivity index (χ2v) is 4.64. The minimum atomic E-state index is -0.751. The Labute approximate surface area is 94.1 Å². The summed E-state index contributed by atoms with van der Waals surface area (Å²) in [5, 5.41) is 0. The van der Waals surface area contributed by atoms with E-state index in [1.54, 1.807) is 12.1 Å². The maximum Gasteiger partial charge on any atom is 0.157 e. The van der Waals surface area contributed by atoms with Crippen LogP contribution in [0.3, 0.4) is 0 Å². The molecule has 0 amide bonds. The highest BCUT2D eigenvalue weighted by atomic mass is 35.5. The third-order valence-corrected chi connectivity index (χ3v) is 3.23. The number of benzene rings is 1. The third kappa shape index (κ3) is 1.82. The number of anilines is 1. The Morgan fingerprint density at radius 2 is 1.87 bits per heavy atom. The molecule has 15 heavy (non-hydrogen) atoms. The van der Waals surface area contributed by atoms with Crippen molar-refractivity contribution in [1.29, 1.82) is 0 Å². The Hall–Kier alpha value is -1.13. The van der Waals surface area contributed by atoms with Gasteiger partial charge in [-0.25, -0.2) is 8.78 Å². The highest BCUT2D eigenvalue weighted by molar-refractivity contribution is 7.19. The normalized spacial score (nSPS) is 10.6. The molecular formula is C10H6ClF2NS. The van der Waals surface area contributed by atoms with Crippen molar-refractivity contribution < 1.29 is 8.78 Å². The van der Waals surface area contributed by atoms with Crippen LogP contribution >= 0.6 is 22.9 Å². The molecule has 1 heterocycles. The fourth-order valence-electron chi connectivity index (χ4n) is 1.22. The van der Waals surface area contributed by atoms with Crippen LogP contribution in [0.2, 0.25) is 4.34 Å². The van der Waals surface area contributed by atoms with E-state index in [0.717, 1.165) is 6.07 Å². The predicted octanol–water partition coefficient (Wildman–Crippen LogP) is 3.93. The number of thiophene rings is 1. The zero-order valence-corrected chi connectivity index (χ0v) is 9.00.